The van der Waals surface area contributed by atoms with Crippen molar-refractivity contribution in [2.75, 3.05) is 16.5 Å². The van der Waals surface area contributed by atoms with E-state index in [2.05, 4.69) is 264 Å². The minimum Gasteiger partial charge on any atom is -0.457 e. The first-order valence-corrected chi connectivity index (χ1v) is 28.4. The fourth-order valence-corrected chi connectivity index (χ4v) is 11.6. The molecule has 0 unspecified atom stereocenters. The Morgan fingerprint density at radius 1 is 0.450 bits per heavy atom. The summed E-state index contributed by atoms with van der Waals surface area (Å²) in [5, 5.41) is 4.14. The highest BCUT2D eigenvalue weighted by Crippen LogP contribution is 2.52. The molecule has 1 aliphatic rings. The molecule has 0 radical (unpaired) electrons. The van der Waals surface area contributed by atoms with Crippen LogP contribution in [0.2, 0.25) is 0 Å². The van der Waals surface area contributed by atoms with Gasteiger partial charge in [-0.1, -0.05) is 195 Å². The zero-order valence-electron chi connectivity index (χ0n) is 50.5. The number of benzene rings is 8. The van der Waals surface area contributed by atoms with E-state index in [-0.39, 0.29) is 33.2 Å². The number of anilines is 4. The van der Waals surface area contributed by atoms with Crippen LogP contribution >= 0.6 is 0 Å². The van der Waals surface area contributed by atoms with Gasteiger partial charge in [-0.25, -0.2) is 4.98 Å². The Balaban J connectivity index is 0.994. The fourth-order valence-electron chi connectivity index (χ4n) is 11.6. The van der Waals surface area contributed by atoms with Crippen molar-refractivity contribution in [1.82, 2.24) is 9.55 Å². The second kappa shape index (κ2) is 18.8. The van der Waals surface area contributed by atoms with Crippen molar-refractivity contribution in [2.24, 2.45) is 0 Å². The first-order chi connectivity index (χ1) is 38.2. The highest BCUT2D eigenvalue weighted by Gasteiger charge is 2.33. The number of nitrogens with zero attached hydrogens (tertiary/aromatic N) is 4. The van der Waals surface area contributed by atoms with Gasteiger partial charge in [0.05, 0.1) is 34.9 Å². The lowest BCUT2D eigenvalue weighted by molar-refractivity contribution is 0.483. The van der Waals surface area contributed by atoms with Crippen molar-refractivity contribution in [2.45, 2.75) is 131 Å². The van der Waals surface area contributed by atoms with Gasteiger partial charge >= 0.3 is 0 Å². The highest BCUT2D eigenvalue weighted by atomic mass is 16.5. The molecule has 0 spiro atoms. The zero-order valence-corrected chi connectivity index (χ0v) is 49.5. The molecule has 3 aromatic heterocycles. The van der Waals surface area contributed by atoms with E-state index in [0.717, 1.165) is 72.1 Å². The molecule has 11 aromatic rings. The van der Waals surface area contributed by atoms with E-state index in [0.29, 0.717) is 18.2 Å². The van der Waals surface area contributed by atoms with Crippen LogP contribution in [0.3, 0.4) is 0 Å². The summed E-state index contributed by atoms with van der Waals surface area (Å²) >= 11 is 0. The number of hydrogen-bond acceptors (Lipinski definition) is 5. The molecular formula is C74H76N4O2. The van der Waals surface area contributed by atoms with Gasteiger partial charge in [-0.2, -0.15) is 0 Å². The molecule has 6 heteroatoms. The summed E-state index contributed by atoms with van der Waals surface area (Å²) in [6.07, 6.45) is 0.219. The Bertz CT molecular complexity index is 4130. The number of aromatic nitrogens is 2. The molecule has 0 aliphatic carbocycles. The second-order valence-electron chi connectivity index (χ2n) is 27.4. The van der Waals surface area contributed by atoms with Gasteiger partial charge in [-0.05, 0) is 133 Å². The Labute approximate surface area is 475 Å². The van der Waals surface area contributed by atoms with E-state index in [1.165, 1.54) is 50.2 Å². The first kappa shape index (κ1) is 51.4. The normalized spacial score (nSPS) is 13.8. The summed E-state index contributed by atoms with van der Waals surface area (Å²) in [5.74, 6) is 2.08. The molecule has 4 heterocycles. The molecule has 0 N–H and O–H groups in total. The van der Waals surface area contributed by atoms with Crippen LogP contribution in [-0.2, 0) is 27.1 Å². The molecule has 0 amide bonds. The van der Waals surface area contributed by atoms with E-state index in [4.69, 9.17) is 15.5 Å². The number of ether oxygens (including phenoxy) is 1. The average molecular weight is 1050 g/mol. The molecule has 12 rings (SSSR count). The highest BCUT2D eigenvalue weighted by molar-refractivity contribution is 6.24. The summed E-state index contributed by atoms with van der Waals surface area (Å²) in [7, 11) is 0. The second-order valence-corrected chi connectivity index (χ2v) is 27.4. The molecule has 8 aromatic carbocycles. The molecule has 0 atom stereocenters. The van der Waals surface area contributed by atoms with Crippen LogP contribution in [-0.4, -0.2) is 16.2 Å². The van der Waals surface area contributed by atoms with Gasteiger partial charge in [0.15, 0.2) is 0 Å². The maximum Gasteiger partial charge on any atom is 0.145 e. The number of fused-ring (bicyclic) bond motifs is 8. The zero-order chi connectivity index (χ0) is 57.3. The van der Waals surface area contributed by atoms with Crippen LogP contribution in [0, 0.1) is 0 Å². The van der Waals surface area contributed by atoms with Crippen LogP contribution in [0.25, 0.3) is 71.8 Å². The van der Waals surface area contributed by atoms with Gasteiger partial charge in [0.25, 0.3) is 0 Å². The fraction of sp³-hybridized carbons (Fsp3) is 0.284. The van der Waals surface area contributed by atoms with Gasteiger partial charge in [-0.3, -0.25) is 4.57 Å². The molecule has 1 aliphatic heterocycles. The summed E-state index contributed by atoms with van der Waals surface area (Å²) in [6.45, 7) is 35.0. The summed E-state index contributed by atoms with van der Waals surface area (Å²) in [4.78, 5) is 9.85. The summed E-state index contributed by atoms with van der Waals surface area (Å²) in [5.41, 5.74) is 18.7. The van der Waals surface area contributed by atoms with Crippen LogP contribution < -0.4 is 14.5 Å². The molecule has 0 bridgehead atoms. The topological polar surface area (TPSA) is 46.7 Å². The third-order valence-electron chi connectivity index (χ3n) is 16.4. The first-order valence-electron chi connectivity index (χ1n) is 28.9. The molecular weight excluding hydrogens is 977 g/mol. The van der Waals surface area contributed by atoms with E-state index in [9.17, 15) is 0 Å². The van der Waals surface area contributed by atoms with Gasteiger partial charge in [0.1, 0.15) is 35.2 Å². The Hall–Kier alpha value is -8.09. The van der Waals surface area contributed by atoms with Crippen molar-refractivity contribution >= 4 is 66.5 Å². The molecule has 0 fully saturated rings. The van der Waals surface area contributed by atoms with Crippen LogP contribution in [0.1, 0.15) is 133 Å². The Kier molecular flexibility index (Phi) is 12.0. The molecule has 80 heavy (non-hydrogen) atoms. The third kappa shape index (κ3) is 9.40. The van der Waals surface area contributed by atoms with Crippen molar-refractivity contribution in [3.63, 3.8) is 0 Å². The van der Waals surface area contributed by atoms with Crippen molar-refractivity contribution in [1.29, 1.82) is 0 Å². The number of furan rings is 1. The lowest BCUT2D eigenvalue weighted by atomic mass is 9.77. The predicted octanol–water partition coefficient (Wildman–Crippen LogP) is 20.9. The number of hydrogen-bond donors (Lipinski definition) is 0. The van der Waals surface area contributed by atoms with Crippen molar-refractivity contribution in [3.05, 3.63) is 204 Å². The van der Waals surface area contributed by atoms with Crippen LogP contribution in [0.5, 0.6) is 11.5 Å². The van der Waals surface area contributed by atoms with Crippen molar-refractivity contribution in [3.8, 4) is 39.6 Å². The molecule has 0 saturated heterocycles. The number of para-hydroxylation sites is 4. The largest absolute Gasteiger partial charge is 0.457 e. The maximum atomic E-state index is 8.90. The van der Waals surface area contributed by atoms with Gasteiger partial charge in [-0.15, -0.1) is 0 Å². The van der Waals surface area contributed by atoms with E-state index in [1.807, 2.05) is 24.3 Å². The smallest absolute Gasteiger partial charge is 0.145 e. The van der Waals surface area contributed by atoms with E-state index >= 15 is 0 Å². The third-order valence-corrected chi connectivity index (χ3v) is 16.4. The average Bonchev–Trinajstić information content (AvgIpc) is 3.63. The van der Waals surface area contributed by atoms with E-state index < -0.39 is 0 Å². The standard InChI is InChI=1S/C74H76N4O2/c1-70(2,3)48-34-35-75-66(42-48)78-63-33-32-59-58-24-16-19-29-65(58)80-69(59)67(63)60-31-30-55(44-64(60)78)79-54-23-20-22-53(43-54)76-45-77(62-28-18-17-27-61(62)76)68-56(46-36-49(71(4,5)6)40-50(37-46)72(7,8)9)25-21-26-57(68)47-38-51(73(10,11)12)41-52(39-47)74(13,14)15/h16-44H,45H2,1-15H3/i35D. The minimum atomic E-state index is -0.196. The van der Waals surface area contributed by atoms with E-state index in [1.54, 1.807) is 0 Å². The molecule has 404 valence electrons. The minimum absolute atomic E-state index is 0.0610. The lowest BCUT2D eigenvalue weighted by Crippen LogP contribution is -2.25. The number of rotatable bonds is 7. The summed E-state index contributed by atoms with van der Waals surface area (Å²) < 4.78 is 24.7. The van der Waals surface area contributed by atoms with Gasteiger partial charge in [0.2, 0.25) is 0 Å². The molecule has 6 nitrogen and oxygen atoms in total. The lowest BCUT2D eigenvalue weighted by Gasteiger charge is -2.31. The van der Waals surface area contributed by atoms with Crippen molar-refractivity contribution < 1.29 is 10.5 Å². The number of pyridine rings is 1. The predicted molar refractivity (Wildman–Crippen MR) is 339 cm³/mol. The molecule has 0 saturated carbocycles. The SMILES string of the molecule is [2H]c1cc(C(C)(C)C)cc(-n2c3cc(Oc4cccc(N5CN(c6c(-c7cc(C(C)(C)C)cc(C(C)(C)C)c7)cccc6-c6cc(C(C)(C)C)cc(C(C)(C)C)c6)c6ccccc65)c4)ccc3c3c4oc5ccccc5c4ccc32)n1. The Morgan fingerprint density at radius 2 is 0.988 bits per heavy atom. The quantitative estimate of drug-likeness (QED) is 0.159. The maximum absolute atomic E-state index is 8.90. The Morgan fingerprint density at radius 3 is 1.59 bits per heavy atom. The van der Waals surface area contributed by atoms with Gasteiger partial charge in [0, 0.05) is 51.3 Å². The van der Waals surface area contributed by atoms with Crippen LogP contribution in [0.4, 0.5) is 22.7 Å². The summed E-state index contributed by atoms with van der Waals surface area (Å²) in [6, 6.07) is 61.7. The van der Waals surface area contributed by atoms with Gasteiger partial charge < -0.3 is 19.0 Å². The monoisotopic (exact) mass is 1050 g/mol. The van der Waals surface area contributed by atoms with Crippen LogP contribution in [0.15, 0.2) is 180 Å².